The first-order valence-corrected chi connectivity index (χ1v) is 4.48. The highest BCUT2D eigenvalue weighted by atomic mass is 79.9. The minimum Gasteiger partial charge on any atom is -0.364 e. The second-order valence-corrected chi connectivity index (χ2v) is 3.52. The Bertz CT molecular complexity index is 318. The van der Waals surface area contributed by atoms with Crippen LogP contribution in [0.5, 0.6) is 0 Å². The predicted octanol–water partition coefficient (Wildman–Crippen LogP) is 2.03. The van der Waals surface area contributed by atoms with Crippen molar-refractivity contribution in [3.8, 4) is 0 Å². The van der Waals surface area contributed by atoms with E-state index in [0.717, 1.165) is 4.47 Å². The van der Waals surface area contributed by atoms with E-state index in [1.165, 1.54) is 0 Å². The molecule has 0 N–H and O–H groups in total. The Hall–Kier alpha value is -0.670. The number of benzene rings is 1. The van der Waals surface area contributed by atoms with Crippen molar-refractivity contribution in [1.29, 1.82) is 0 Å². The molecular formula is C9H7BrO2. The number of carbonyl (C=O) groups excluding carboxylic acids is 1. The molecule has 0 saturated carbocycles. The first-order chi connectivity index (χ1) is 5.79. The standard InChI is InChI=1S/C9H7BrO2/c10-7-4-2-1-3-6(7)9(11)8-5-12-8/h1-4,8H,5H2. The van der Waals surface area contributed by atoms with Crippen molar-refractivity contribution in [3.63, 3.8) is 0 Å². The van der Waals surface area contributed by atoms with Crippen LogP contribution in [0.1, 0.15) is 10.4 Å². The summed E-state index contributed by atoms with van der Waals surface area (Å²) in [6.45, 7) is 0.570. The van der Waals surface area contributed by atoms with Crippen LogP contribution in [0.2, 0.25) is 0 Å². The first-order valence-electron chi connectivity index (χ1n) is 3.69. The van der Waals surface area contributed by atoms with Crippen LogP contribution in [0.15, 0.2) is 28.7 Å². The third-order valence-electron chi connectivity index (χ3n) is 1.77. The highest BCUT2D eigenvalue weighted by molar-refractivity contribution is 9.10. The Morgan fingerprint density at radius 1 is 1.50 bits per heavy atom. The summed E-state index contributed by atoms with van der Waals surface area (Å²) in [4.78, 5) is 11.5. The van der Waals surface area contributed by atoms with Crippen molar-refractivity contribution in [1.82, 2.24) is 0 Å². The van der Waals surface area contributed by atoms with Gasteiger partial charge in [0.15, 0.2) is 5.78 Å². The average molecular weight is 227 g/mol. The Kier molecular flexibility index (Phi) is 1.98. The SMILES string of the molecule is O=C(c1ccccc1Br)C1CO1. The van der Waals surface area contributed by atoms with Crippen LogP contribution in [0, 0.1) is 0 Å². The highest BCUT2D eigenvalue weighted by Crippen LogP contribution is 2.22. The number of halogens is 1. The Morgan fingerprint density at radius 3 is 2.75 bits per heavy atom. The van der Waals surface area contributed by atoms with Crippen LogP contribution in [0.25, 0.3) is 0 Å². The maximum Gasteiger partial charge on any atom is 0.195 e. The van der Waals surface area contributed by atoms with Gasteiger partial charge in [-0.25, -0.2) is 0 Å². The van der Waals surface area contributed by atoms with Crippen molar-refractivity contribution in [2.45, 2.75) is 6.10 Å². The van der Waals surface area contributed by atoms with Crippen molar-refractivity contribution in [2.75, 3.05) is 6.61 Å². The van der Waals surface area contributed by atoms with E-state index < -0.39 is 0 Å². The molecule has 0 aromatic heterocycles. The topological polar surface area (TPSA) is 29.6 Å². The maximum absolute atomic E-state index is 11.5. The third kappa shape index (κ3) is 1.42. The monoisotopic (exact) mass is 226 g/mol. The van der Waals surface area contributed by atoms with Gasteiger partial charge >= 0.3 is 0 Å². The molecule has 1 aromatic rings. The van der Waals surface area contributed by atoms with Gasteiger partial charge in [-0.05, 0) is 6.07 Å². The van der Waals surface area contributed by atoms with E-state index in [4.69, 9.17) is 4.74 Å². The van der Waals surface area contributed by atoms with Gasteiger partial charge in [-0.3, -0.25) is 4.79 Å². The van der Waals surface area contributed by atoms with Crippen LogP contribution >= 0.6 is 15.9 Å². The van der Waals surface area contributed by atoms with Gasteiger partial charge in [0.05, 0.1) is 6.61 Å². The van der Waals surface area contributed by atoms with Gasteiger partial charge in [0, 0.05) is 10.0 Å². The number of Topliss-reactive ketones (excluding diaryl/α,β-unsaturated/α-hetero) is 1. The molecule has 1 heterocycles. The van der Waals surface area contributed by atoms with Crippen molar-refractivity contribution < 1.29 is 9.53 Å². The van der Waals surface area contributed by atoms with Gasteiger partial charge in [-0.15, -0.1) is 0 Å². The molecule has 1 fully saturated rings. The number of rotatable bonds is 2. The summed E-state index contributed by atoms with van der Waals surface area (Å²) in [5.41, 5.74) is 0.708. The van der Waals surface area contributed by atoms with E-state index in [-0.39, 0.29) is 11.9 Å². The summed E-state index contributed by atoms with van der Waals surface area (Å²) in [5, 5.41) is 0. The molecule has 1 aromatic carbocycles. The fourth-order valence-electron chi connectivity index (χ4n) is 1.03. The molecule has 2 nitrogen and oxygen atoms in total. The van der Waals surface area contributed by atoms with E-state index in [1.807, 2.05) is 18.2 Å². The van der Waals surface area contributed by atoms with Gasteiger partial charge in [-0.2, -0.15) is 0 Å². The Morgan fingerprint density at radius 2 is 2.17 bits per heavy atom. The maximum atomic E-state index is 11.5. The number of ether oxygens (including phenoxy) is 1. The smallest absolute Gasteiger partial charge is 0.195 e. The summed E-state index contributed by atoms with van der Waals surface area (Å²) in [7, 11) is 0. The molecule has 12 heavy (non-hydrogen) atoms. The summed E-state index contributed by atoms with van der Waals surface area (Å²) in [6.07, 6.45) is -0.191. The molecule has 0 bridgehead atoms. The van der Waals surface area contributed by atoms with Crippen LogP contribution in [-0.2, 0) is 4.74 Å². The number of epoxide rings is 1. The van der Waals surface area contributed by atoms with Crippen LogP contribution in [0.3, 0.4) is 0 Å². The summed E-state index contributed by atoms with van der Waals surface area (Å²) < 4.78 is 5.75. The summed E-state index contributed by atoms with van der Waals surface area (Å²) in [5.74, 6) is 0.0717. The lowest BCUT2D eigenvalue weighted by Gasteiger charge is -1.98. The zero-order valence-corrected chi connectivity index (χ0v) is 7.87. The minimum absolute atomic E-state index is 0.0717. The van der Waals surface area contributed by atoms with Crippen molar-refractivity contribution in [3.05, 3.63) is 34.3 Å². The Balaban J connectivity index is 2.32. The average Bonchev–Trinajstić information content (AvgIpc) is 2.86. The zero-order chi connectivity index (χ0) is 8.55. The van der Waals surface area contributed by atoms with Gasteiger partial charge < -0.3 is 4.74 Å². The van der Waals surface area contributed by atoms with E-state index in [1.54, 1.807) is 6.07 Å². The van der Waals surface area contributed by atoms with Crippen molar-refractivity contribution >= 4 is 21.7 Å². The van der Waals surface area contributed by atoms with Crippen LogP contribution < -0.4 is 0 Å². The molecule has 0 amide bonds. The lowest BCUT2D eigenvalue weighted by Crippen LogP contribution is -2.07. The molecular weight excluding hydrogens is 220 g/mol. The molecule has 0 aliphatic carbocycles. The molecule has 1 unspecified atom stereocenters. The van der Waals surface area contributed by atoms with Gasteiger partial charge in [-0.1, -0.05) is 34.1 Å². The largest absolute Gasteiger partial charge is 0.364 e. The minimum atomic E-state index is -0.191. The summed E-state index contributed by atoms with van der Waals surface area (Å²) in [6, 6.07) is 7.39. The van der Waals surface area contributed by atoms with Gasteiger partial charge in [0.1, 0.15) is 6.10 Å². The molecule has 1 aliphatic heterocycles. The normalized spacial score (nSPS) is 20.6. The third-order valence-corrected chi connectivity index (χ3v) is 2.46. The van der Waals surface area contributed by atoms with E-state index in [0.29, 0.717) is 12.2 Å². The molecule has 0 spiro atoms. The molecule has 62 valence electrons. The van der Waals surface area contributed by atoms with Crippen molar-refractivity contribution in [2.24, 2.45) is 0 Å². The number of hydrogen-bond acceptors (Lipinski definition) is 2. The second kappa shape index (κ2) is 2.99. The second-order valence-electron chi connectivity index (χ2n) is 2.67. The Labute approximate surface area is 78.7 Å². The first kappa shape index (κ1) is 7.95. The molecule has 0 radical (unpaired) electrons. The molecule has 1 atom stereocenters. The zero-order valence-electron chi connectivity index (χ0n) is 6.29. The summed E-state index contributed by atoms with van der Waals surface area (Å²) >= 11 is 3.32. The van der Waals surface area contributed by atoms with E-state index in [2.05, 4.69) is 15.9 Å². The van der Waals surface area contributed by atoms with Gasteiger partial charge in [0.25, 0.3) is 0 Å². The molecule has 2 rings (SSSR count). The fraction of sp³-hybridized carbons (Fsp3) is 0.222. The number of hydrogen-bond donors (Lipinski definition) is 0. The number of carbonyl (C=O) groups is 1. The molecule has 3 heteroatoms. The number of ketones is 1. The van der Waals surface area contributed by atoms with Crippen LogP contribution in [-0.4, -0.2) is 18.5 Å². The molecule has 1 saturated heterocycles. The lowest BCUT2D eigenvalue weighted by molar-refractivity contribution is 0.0953. The quantitative estimate of drug-likeness (QED) is 0.571. The fourth-order valence-corrected chi connectivity index (χ4v) is 1.51. The molecule has 1 aliphatic rings. The van der Waals surface area contributed by atoms with Crippen LogP contribution in [0.4, 0.5) is 0 Å². The highest BCUT2D eigenvalue weighted by Gasteiger charge is 2.32. The predicted molar refractivity (Wildman–Crippen MR) is 48.2 cm³/mol. The van der Waals surface area contributed by atoms with E-state index >= 15 is 0 Å². The van der Waals surface area contributed by atoms with E-state index in [9.17, 15) is 4.79 Å². The van der Waals surface area contributed by atoms with Gasteiger partial charge in [0.2, 0.25) is 0 Å². The lowest BCUT2D eigenvalue weighted by atomic mass is 10.1.